The lowest BCUT2D eigenvalue weighted by atomic mass is 10.3. The van der Waals surface area contributed by atoms with Crippen LogP contribution in [-0.4, -0.2) is 10.2 Å². The molecule has 0 radical (unpaired) electrons. The Morgan fingerprint density at radius 3 is 2.87 bits per heavy atom. The summed E-state index contributed by atoms with van der Waals surface area (Å²) < 4.78 is 18.3. The fourth-order valence-electron chi connectivity index (χ4n) is 1.07. The van der Waals surface area contributed by atoms with E-state index in [0.717, 1.165) is 0 Å². The molecule has 2 rings (SSSR count). The molecule has 5 heteroatoms. The molecule has 0 bridgehead atoms. The Bertz CT molecular complexity index is 525. The maximum Gasteiger partial charge on any atom is 0.267 e. The van der Waals surface area contributed by atoms with Gasteiger partial charge in [-0.05, 0) is 12.1 Å². The first kappa shape index (κ1) is 9.39. The average molecular weight is 206 g/mol. The number of nitrogens with one attached hydrogen (secondary N) is 1. The highest BCUT2D eigenvalue weighted by Gasteiger charge is 2.03. The zero-order chi connectivity index (χ0) is 10.7. The van der Waals surface area contributed by atoms with Crippen LogP contribution < -0.4 is 10.3 Å². The second-order valence-corrected chi connectivity index (χ2v) is 2.81. The van der Waals surface area contributed by atoms with Gasteiger partial charge in [-0.2, -0.15) is 5.10 Å². The maximum atomic E-state index is 13.1. The highest BCUT2D eigenvalue weighted by Crippen LogP contribution is 2.21. The third-order valence-electron chi connectivity index (χ3n) is 1.70. The first-order valence-electron chi connectivity index (χ1n) is 4.23. The lowest BCUT2D eigenvalue weighted by molar-refractivity contribution is 0.438. The number of hydrogen-bond acceptors (Lipinski definition) is 3. The number of aromatic nitrogens is 2. The van der Waals surface area contributed by atoms with E-state index in [0.29, 0.717) is 0 Å². The number of H-pyrrole nitrogens is 1. The lowest BCUT2D eigenvalue weighted by Crippen LogP contribution is -2.05. The number of hydrogen-bond donors (Lipinski definition) is 1. The predicted octanol–water partition coefficient (Wildman–Crippen LogP) is 1.70. The van der Waals surface area contributed by atoms with E-state index in [9.17, 15) is 9.18 Å². The van der Waals surface area contributed by atoms with Gasteiger partial charge in [0.05, 0.1) is 6.20 Å². The molecule has 0 aliphatic rings. The van der Waals surface area contributed by atoms with E-state index >= 15 is 0 Å². The second kappa shape index (κ2) is 3.91. The average Bonchev–Trinajstić information content (AvgIpc) is 2.22. The number of para-hydroxylation sites is 1. The fraction of sp³-hybridized carbons (Fsp3) is 0. The zero-order valence-electron chi connectivity index (χ0n) is 7.61. The van der Waals surface area contributed by atoms with E-state index in [1.54, 1.807) is 12.1 Å². The van der Waals surface area contributed by atoms with Crippen LogP contribution in [0.2, 0.25) is 0 Å². The summed E-state index contributed by atoms with van der Waals surface area (Å²) in [7, 11) is 0. The number of ether oxygens (including phenoxy) is 1. The van der Waals surface area contributed by atoms with E-state index in [-0.39, 0.29) is 11.5 Å². The third kappa shape index (κ3) is 2.19. The minimum absolute atomic E-state index is 0.0601. The van der Waals surface area contributed by atoms with Crippen molar-refractivity contribution >= 4 is 0 Å². The zero-order valence-corrected chi connectivity index (χ0v) is 7.61. The molecule has 1 aromatic carbocycles. The molecule has 1 aromatic heterocycles. The van der Waals surface area contributed by atoms with Gasteiger partial charge in [0.15, 0.2) is 17.3 Å². The van der Waals surface area contributed by atoms with Crippen molar-refractivity contribution in [2.45, 2.75) is 0 Å². The molecular weight excluding hydrogens is 199 g/mol. The lowest BCUT2D eigenvalue weighted by Gasteiger charge is -2.04. The summed E-state index contributed by atoms with van der Waals surface area (Å²) in [5.41, 5.74) is -0.399. The van der Waals surface area contributed by atoms with Crippen molar-refractivity contribution in [3.05, 3.63) is 52.7 Å². The van der Waals surface area contributed by atoms with Gasteiger partial charge in [0.1, 0.15) is 0 Å². The molecular formula is C10H7FN2O2. The van der Waals surface area contributed by atoms with E-state index < -0.39 is 11.4 Å². The van der Waals surface area contributed by atoms with Crippen LogP contribution in [-0.2, 0) is 0 Å². The highest BCUT2D eigenvalue weighted by atomic mass is 19.1. The van der Waals surface area contributed by atoms with Crippen molar-refractivity contribution in [2.24, 2.45) is 0 Å². The number of rotatable bonds is 2. The summed E-state index contributed by atoms with van der Waals surface area (Å²) >= 11 is 0. The van der Waals surface area contributed by atoms with Crippen LogP contribution in [0.25, 0.3) is 0 Å². The van der Waals surface area contributed by atoms with Crippen molar-refractivity contribution in [3.63, 3.8) is 0 Å². The van der Waals surface area contributed by atoms with Gasteiger partial charge in [0, 0.05) is 6.07 Å². The number of halogens is 1. The first-order chi connectivity index (χ1) is 7.25. The molecule has 1 N–H and O–H groups in total. The topological polar surface area (TPSA) is 55.0 Å². The van der Waals surface area contributed by atoms with Gasteiger partial charge in [-0.1, -0.05) is 12.1 Å². The molecule has 0 unspecified atom stereocenters. The SMILES string of the molecule is O=c1cc(Oc2ccccc2F)cn[nH]1. The van der Waals surface area contributed by atoms with Gasteiger partial charge in [-0.25, -0.2) is 9.49 Å². The molecule has 0 fully saturated rings. The monoisotopic (exact) mass is 206 g/mol. The van der Waals surface area contributed by atoms with Crippen molar-refractivity contribution in [3.8, 4) is 11.5 Å². The second-order valence-electron chi connectivity index (χ2n) is 2.81. The highest BCUT2D eigenvalue weighted by molar-refractivity contribution is 5.29. The largest absolute Gasteiger partial charge is 0.452 e. The van der Waals surface area contributed by atoms with Gasteiger partial charge >= 0.3 is 0 Å². The van der Waals surface area contributed by atoms with Crippen LogP contribution in [0.15, 0.2) is 41.3 Å². The molecule has 0 aliphatic carbocycles. The Morgan fingerprint density at radius 2 is 2.13 bits per heavy atom. The van der Waals surface area contributed by atoms with Crippen molar-refractivity contribution in [1.29, 1.82) is 0 Å². The van der Waals surface area contributed by atoms with Crippen LogP contribution >= 0.6 is 0 Å². The standard InChI is InChI=1S/C10H7FN2O2/c11-8-3-1-2-4-9(8)15-7-5-10(14)13-12-6-7/h1-6H,(H,13,14). The van der Waals surface area contributed by atoms with Crippen LogP contribution in [0.4, 0.5) is 4.39 Å². The smallest absolute Gasteiger partial charge is 0.267 e. The number of nitrogens with zero attached hydrogens (tertiary/aromatic N) is 1. The van der Waals surface area contributed by atoms with Crippen LogP contribution in [0.3, 0.4) is 0 Å². The van der Waals surface area contributed by atoms with Gasteiger partial charge in [0.2, 0.25) is 0 Å². The summed E-state index contributed by atoms with van der Waals surface area (Å²) in [6, 6.07) is 7.13. The van der Waals surface area contributed by atoms with Gasteiger partial charge in [0.25, 0.3) is 5.56 Å². The van der Waals surface area contributed by atoms with Crippen LogP contribution in [0, 0.1) is 5.82 Å². The summed E-state index contributed by atoms with van der Waals surface area (Å²) in [4.78, 5) is 10.9. The van der Waals surface area contributed by atoms with E-state index in [1.165, 1.54) is 24.4 Å². The van der Waals surface area contributed by atoms with Crippen molar-refractivity contribution in [2.75, 3.05) is 0 Å². The van der Waals surface area contributed by atoms with Crippen molar-refractivity contribution in [1.82, 2.24) is 10.2 Å². The number of benzene rings is 1. The molecule has 0 aliphatic heterocycles. The fourth-order valence-corrected chi connectivity index (χ4v) is 1.07. The molecule has 0 saturated heterocycles. The summed E-state index contributed by atoms with van der Waals surface area (Å²) in [6.45, 7) is 0. The Kier molecular flexibility index (Phi) is 2.45. The molecule has 0 saturated carbocycles. The predicted molar refractivity (Wildman–Crippen MR) is 51.3 cm³/mol. The van der Waals surface area contributed by atoms with Gasteiger partial charge < -0.3 is 4.74 Å². The molecule has 0 atom stereocenters. The maximum absolute atomic E-state index is 13.1. The summed E-state index contributed by atoms with van der Waals surface area (Å²) in [6.07, 6.45) is 1.30. The minimum Gasteiger partial charge on any atom is -0.452 e. The van der Waals surface area contributed by atoms with Gasteiger partial charge in [-0.15, -0.1) is 0 Å². The summed E-state index contributed by atoms with van der Waals surface area (Å²) in [5.74, 6) is -0.230. The molecule has 0 spiro atoms. The molecule has 4 nitrogen and oxygen atoms in total. The Labute approximate surface area is 84.3 Å². The minimum atomic E-state index is -0.488. The van der Waals surface area contributed by atoms with E-state index in [2.05, 4.69) is 10.2 Å². The summed E-state index contributed by atoms with van der Waals surface area (Å²) in [5, 5.41) is 5.72. The first-order valence-corrected chi connectivity index (χ1v) is 4.23. The van der Waals surface area contributed by atoms with Crippen molar-refractivity contribution < 1.29 is 9.13 Å². The molecule has 1 heterocycles. The van der Waals surface area contributed by atoms with E-state index in [1.807, 2.05) is 0 Å². The number of aromatic amines is 1. The molecule has 2 aromatic rings. The normalized spacial score (nSPS) is 9.93. The Balaban J connectivity index is 2.30. The Hall–Kier alpha value is -2.17. The van der Waals surface area contributed by atoms with Crippen LogP contribution in [0.1, 0.15) is 0 Å². The van der Waals surface area contributed by atoms with Crippen LogP contribution in [0.5, 0.6) is 11.5 Å². The van der Waals surface area contributed by atoms with E-state index in [4.69, 9.17) is 4.74 Å². The quantitative estimate of drug-likeness (QED) is 0.813. The van der Waals surface area contributed by atoms with Gasteiger partial charge in [-0.3, -0.25) is 4.79 Å². The molecule has 0 amide bonds. The Morgan fingerprint density at radius 1 is 1.33 bits per heavy atom. The molecule has 15 heavy (non-hydrogen) atoms. The molecule has 76 valence electrons. The third-order valence-corrected chi connectivity index (χ3v) is 1.70.